The van der Waals surface area contributed by atoms with Gasteiger partial charge in [0.25, 0.3) is 0 Å². The van der Waals surface area contributed by atoms with Gasteiger partial charge in [0.1, 0.15) is 23.2 Å². The van der Waals surface area contributed by atoms with Crippen molar-refractivity contribution in [1.82, 2.24) is 4.98 Å². The first-order chi connectivity index (χ1) is 10.2. The van der Waals surface area contributed by atoms with E-state index in [9.17, 15) is 4.39 Å². The number of nitrogens with zero attached hydrogens (tertiary/aromatic N) is 1. The van der Waals surface area contributed by atoms with Crippen LogP contribution in [-0.2, 0) is 6.61 Å². The Morgan fingerprint density at radius 2 is 2.05 bits per heavy atom. The second-order valence-corrected chi connectivity index (χ2v) is 5.36. The van der Waals surface area contributed by atoms with Crippen LogP contribution in [0.15, 0.2) is 54.0 Å². The second kappa shape index (κ2) is 5.93. The van der Waals surface area contributed by atoms with Crippen LogP contribution in [0.3, 0.4) is 0 Å². The highest BCUT2D eigenvalue weighted by Gasteiger charge is 2.07. The molecular weight excluding hydrogens is 287 g/mol. The van der Waals surface area contributed by atoms with Crippen molar-refractivity contribution in [2.24, 2.45) is 0 Å². The van der Waals surface area contributed by atoms with Crippen LogP contribution in [0, 0.1) is 5.82 Å². The van der Waals surface area contributed by atoms with Crippen molar-refractivity contribution in [2.75, 3.05) is 5.73 Å². The maximum Gasteiger partial charge on any atom is 0.142 e. The monoisotopic (exact) mass is 300 g/mol. The standard InChI is InChI=1S/C16H13FN2OS/c17-13-4-2-1-3-12(13)10-20-15-6-5-11(9-14(15)18)16-19-7-8-21-16/h1-9H,10,18H2. The highest BCUT2D eigenvalue weighted by atomic mass is 32.1. The Labute approximate surface area is 125 Å². The summed E-state index contributed by atoms with van der Waals surface area (Å²) in [5, 5.41) is 2.82. The van der Waals surface area contributed by atoms with Crippen LogP contribution < -0.4 is 10.5 Å². The summed E-state index contributed by atoms with van der Waals surface area (Å²) in [5.74, 6) is 0.258. The van der Waals surface area contributed by atoms with Gasteiger partial charge in [0.05, 0.1) is 5.69 Å². The molecule has 0 radical (unpaired) electrons. The van der Waals surface area contributed by atoms with Crippen LogP contribution in [0.4, 0.5) is 10.1 Å². The SMILES string of the molecule is Nc1cc(-c2nccs2)ccc1OCc1ccccc1F. The number of benzene rings is 2. The highest BCUT2D eigenvalue weighted by Crippen LogP contribution is 2.30. The van der Waals surface area contributed by atoms with Crippen molar-refractivity contribution in [1.29, 1.82) is 0 Å². The van der Waals surface area contributed by atoms with Crippen LogP contribution in [0.1, 0.15) is 5.56 Å². The molecule has 5 heteroatoms. The number of halogens is 1. The normalized spacial score (nSPS) is 10.5. The Morgan fingerprint density at radius 1 is 1.19 bits per heavy atom. The van der Waals surface area contributed by atoms with E-state index in [0.29, 0.717) is 17.0 Å². The summed E-state index contributed by atoms with van der Waals surface area (Å²) >= 11 is 1.55. The Morgan fingerprint density at radius 3 is 2.76 bits per heavy atom. The molecule has 2 aromatic carbocycles. The molecule has 0 aliphatic heterocycles. The summed E-state index contributed by atoms with van der Waals surface area (Å²) in [5.41, 5.74) is 7.95. The third kappa shape index (κ3) is 3.03. The van der Waals surface area contributed by atoms with Crippen LogP contribution >= 0.6 is 11.3 Å². The van der Waals surface area contributed by atoms with E-state index in [2.05, 4.69) is 4.98 Å². The first-order valence-corrected chi connectivity index (χ1v) is 7.27. The number of thiazole rings is 1. The fourth-order valence-electron chi connectivity index (χ4n) is 1.95. The molecular formula is C16H13FN2OS. The molecule has 3 rings (SSSR count). The van der Waals surface area contributed by atoms with Crippen LogP contribution in [0.5, 0.6) is 5.75 Å². The summed E-state index contributed by atoms with van der Waals surface area (Å²) in [6.07, 6.45) is 1.75. The molecule has 1 heterocycles. The van der Waals surface area contributed by atoms with E-state index in [4.69, 9.17) is 10.5 Å². The molecule has 0 unspecified atom stereocenters. The molecule has 0 fully saturated rings. The second-order valence-electron chi connectivity index (χ2n) is 4.47. The van der Waals surface area contributed by atoms with Gasteiger partial charge in [-0.15, -0.1) is 11.3 Å². The van der Waals surface area contributed by atoms with Crippen molar-refractivity contribution < 1.29 is 9.13 Å². The summed E-state index contributed by atoms with van der Waals surface area (Å²) in [6.45, 7) is 0.146. The minimum Gasteiger partial charge on any atom is -0.487 e. The van der Waals surface area contributed by atoms with E-state index < -0.39 is 0 Å². The molecule has 0 aliphatic carbocycles. The van der Waals surface area contributed by atoms with Gasteiger partial charge in [0.15, 0.2) is 0 Å². The topological polar surface area (TPSA) is 48.1 Å². The summed E-state index contributed by atoms with van der Waals surface area (Å²) < 4.78 is 19.1. The Balaban J connectivity index is 1.76. The van der Waals surface area contributed by atoms with Crippen LogP contribution in [-0.4, -0.2) is 4.98 Å². The van der Waals surface area contributed by atoms with Gasteiger partial charge in [-0.2, -0.15) is 0 Å². The average Bonchev–Trinajstić information content (AvgIpc) is 3.02. The number of ether oxygens (including phenoxy) is 1. The van der Waals surface area contributed by atoms with Gasteiger partial charge in [-0.1, -0.05) is 18.2 Å². The molecule has 1 aromatic heterocycles. The lowest BCUT2D eigenvalue weighted by molar-refractivity contribution is 0.301. The van der Waals surface area contributed by atoms with E-state index in [1.807, 2.05) is 17.5 Å². The zero-order valence-electron chi connectivity index (χ0n) is 11.1. The van der Waals surface area contributed by atoms with Gasteiger partial charge in [-0.05, 0) is 24.3 Å². The minimum absolute atomic E-state index is 0.146. The number of nitrogen functional groups attached to an aromatic ring is 1. The fraction of sp³-hybridized carbons (Fsp3) is 0.0625. The molecule has 0 saturated carbocycles. The highest BCUT2D eigenvalue weighted by molar-refractivity contribution is 7.13. The largest absolute Gasteiger partial charge is 0.487 e. The minimum atomic E-state index is -0.282. The molecule has 3 aromatic rings. The summed E-state index contributed by atoms with van der Waals surface area (Å²) in [4.78, 5) is 4.23. The van der Waals surface area contributed by atoms with Crippen LogP contribution in [0.2, 0.25) is 0 Å². The van der Waals surface area contributed by atoms with Gasteiger partial charge >= 0.3 is 0 Å². The van der Waals surface area contributed by atoms with Crippen molar-refractivity contribution >= 4 is 17.0 Å². The van der Waals surface area contributed by atoms with E-state index in [1.165, 1.54) is 6.07 Å². The van der Waals surface area contributed by atoms with E-state index in [0.717, 1.165) is 10.6 Å². The third-order valence-electron chi connectivity index (χ3n) is 3.03. The van der Waals surface area contributed by atoms with Crippen molar-refractivity contribution in [3.05, 3.63) is 65.4 Å². The lowest BCUT2D eigenvalue weighted by Crippen LogP contribution is -2.00. The molecule has 0 atom stereocenters. The summed E-state index contributed by atoms with van der Waals surface area (Å²) in [7, 11) is 0. The maximum absolute atomic E-state index is 13.5. The van der Waals surface area contributed by atoms with E-state index in [1.54, 1.807) is 41.8 Å². The average molecular weight is 300 g/mol. The Bertz CT molecular complexity index is 744. The molecule has 0 aliphatic rings. The van der Waals surface area contributed by atoms with Gasteiger partial charge < -0.3 is 10.5 Å². The van der Waals surface area contributed by atoms with Crippen LogP contribution in [0.25, 0.3) is 10.6 Å². The lowest BCUT2D eigenvalue weighted by atomic mass is 10.2. The summed E-state index contributed by atoms with van der Waals surface area (Å²) in [6, 6.07) is 12.0. The lowest BCUT2D eigenvalue weighted by Gasteiger charge is -2.10. The number of aromatic nitrogens is 1. The zero-order chi connectivity index (χ0) is 14.7. The predicted octanol–water partition coefficient (Wildman–Crippen LogP) is 4.11. The molecule has 0 bridgehead atoms. The Kier molecular flexibility index (Phi) is 3.83. The van der Waals surface area contributed by atoms with Crippen molar-refractivity contribution in [3.63, 3.8) is 0 Å². The molecule has 21 heavy (non-hydrogen) atoms. The molecule has 106 valence electrons. The fourth-order valence-corrected chi connectivity index (χ4v) is 2.59. The van der Waals surface area contributed by atoms with E-state index in [-0.39, 0.29) is 12.4 Å². The molecule has 0 amide bonds. The van der Waals surface area contributed by atoms with Gasteiger partial charge in [0.2, 0.25) is 0 Å². The third-order valence-corrected chi connectivity index (χ3v) is 3.85. The maximum atomic E-state index is 13.5. The van der Waals surface area contributed by atoms with Crippen molar-refractivity contribution in [2.45, 2.75) is 6.61 Å². The number of anilines is 1. The Hall–Kier alpha value is -2.40. The molecule has 0 spiro atoms. The van der Waals surface area contributed by atoms with Gasteiger partial charge in [-0.3, -0.25) is 0 Å². The van der Waals surface area contributed by atoms with Crippen molar-refractivity contribution in [3.8, 4) is 16.3 Å². The predicted molar refractivity (Wildman–Crippen MR) is 82.7 cm³/mol. The number of hydrogen-bond donors (Lipinski definition) is 1. The van der Waals surface area contributed by atoms with E-state index >= 15 is 0 Å². The van der Waals surface area contributed by atoms with Gasteiger partial charge in [-0.25, -0.2) is 9.37 Å². The molecule has 2 N–H and O–H groups in total. The number of nitrogens with two attached hydrogens (primary N) is 1. The van der Waals surface area contributed by atoms with Gasteiger partial charge in [0, 0.05) is 22.7 Å². The molecule has 3 nitrogen and oxygen atoms in total. The first-order valence-electron chi connectivity index (χ1n) is 6.39. The first kappa shape index (κ1) is 13.6. The number of rotatable bonds is 4. The quantitative estimate of drug-likeness (QED) is 0.738. The zero-order valence-corrected chi connectivity index (χ0v) is 11.9. The smallest absolute Gasteiger partial charge is 0.142 e. The molecule has 0 saturated heterocycles. The number of hydrogen-bond acceptors (Lipinski definition) is 4.